The van der Waals surface area contributed by atoms with Crippen LogP contribution in [-0.2, 0) is 5.75 Å². The molecule has 2 aromatic rings. The number of hydrogen-bond acceptors (Lipinski definition) is 3. The lowest BCUT2D eigenvalue weighted by Gasteiger charge is -2.14. The predicted octanol–water partition coefficient (Wildman–Crippen LogP) is 2.64. The van der Waals surface area contributed by atoms with Crippen LogP contribution >= 0.6 is 11.8 Å². The maximum absolute atomic E-state index is 13.3. The summed E-state index contributed by atoms with van der Waals surface area (Å²) in [6.07, 6.45) is 1.56. The molecule has 1 aromatic carbocycles. The number of aromatic nitrogens is 2. The van der Waals surface area contributed by atoms with Crippen molar-refractivity contribution >= 4 is 11.8 Å². The lowest BCUT2D eigenvalue weighted by molar-refractivity contribution is 0.290. The maximum Gasteiger partial charge on any atom is 0.323 e. The summed E-state index contributed by atoms with van der Waals surface area (Å²) in [5.74, 6) is -0.786. The van der Waals surface area contributed by atoms with E-state index in [-0.39, 0.29) is 16.9 Å². The molecule has 0 aliphatic rings. The van der Waals surface area contributed by atoms with E-state index in [4.69, 9.17) is 4.74 Å². The average molecular weight is 286 g/mol. The molecule has 0 saturated heterocycles. The summed E-state index contributed by atoms with van der Waals surface area (Å²) < 4.78 is 31.6. The summed E-state index contributed by atoms with van der Waals surface area (Å²) in [7, 11) is 0. The summed E-state index contributed by atoms with van der Waals surface area (Å²) in [6.45, 7) is 1.72. The van der Waals surface area contributed by atoms with Crippen molar-refractivity contribution in [3.8, 4) is 5.75 Å². The SMILES string of the molecule is CC(Oc1cc(F)ccc1F)SCc1c[nH]c(=O)[nH]1. The van der Waals surface area contributed by atoms with Crippen LogP contribution in [0.5, 0.6) is 5.75 Å². The van der Waals surface area contributed by atoms with Gasteiger partial charge in [-0.05, 0) is 19.1 Å². The van der Waals surface area contributed by atoms with Crippen molar-refractivity contribution in [3.63, 3.8) is 0 Å². The Balaban J connectivity index is 1.92. The van der Waals surface area contributed by atoms with Gasteiger partial charge < -0.3 is 14.7 Å². The van der Waals surface area contributed by atoms with Crippen LogP contribution in [0.25, 0.3) is 0 Å². The van der Waals surface area contributed by atoms with Crippen LogP contribution < -0.4 is 10.4 Å². The van der Waals surface area contributed by atoms with Gasteiger partial charge in [0.15, 0.2) is 11.6 Å². The Labute approximate surface area is 112 Å². The molecule has 0 radical (unpaired) electrons. The Kier molecular flexibility index (Phi) is 4.26. The quantitative estimate of drug-likeness (QED) is 0.831. The van der Waals surface area contributed by atoms with Crippen molar-refractivity contribution in [2.45, 2.75) is 18.1 Å². The van der Waals surface area contributed by atoms with E-state index in [1.807, 2.05) is 0 Å². The molecule has 0 saturated carbocycles. The molecule has 0 spiro atoms. The molecule has 7 heteroatoms. The summed E-state index contributed by atoms with van der Waals surface area (Å²) >= 11 is 1.35. The number of aromatic amines is 2. The normalized spacial score (nSPS) is 12.4. The minimum absolute atomic E-state index is 0.123. The Morgan fingerprint density at radius 1 is 1.42 bits per heavy atom. The third-order valence-corrected chi connectivity index (χ3v) is 3.35. The second kappa shape index (κ2) is 5.92. The van der Waals surface area contributed by atoms with Crippen LogP contribution in [0.4, 0.5) is 8.78 Å². The summed E-state index contributed by atoms with van der Waals surface area (Å²) in [6, 6.07) is 3.06. The van der Waals surface area contributed by atoms with Gasteiger partial charge in [0.25, 0.3) is 0 Å². The molecule has 1 unspecified atom stereocenters. The molecule has 4 nitrogen and oxygen atoms in total. The highest BCUT2D eigenvalue weighted by molar-refractivity contribution is 7.98. The lowest BCUT2D eigenvalue weighted by Crippen LogP contribution is -2.09. The predicted molar refractivity (Wildman–Crippen MR) is 69.2 cm³/mol. The highest BCUT2D eigenvalue weighted by atomic mass is 32.2. The standard InChI is InChI=1S/C12H12F2N2O2S/c1-7(19-6-9-5-15-12(17)16-9)18-11-4-8(13)2-3-10(11)14/h2-5,7H,6H2,1H3,(H2,15,16,17). The fourth-order valence-electron chi connectivity index (χ4n) is 1.44. The van der Waals surface area contributed by atoms with Crippen LogP contribution in [0.1, 0.15) is 12.6 Å². The number of nitrogens with one attached hydrogen (secondary N) is 2. The Morgan fingerprint density at radius 2 is 2.21 bits per heavy atom. The Morgan fingerprint density at radius 3 is 2.89 bits per heavy atom. The molecular formula is C12H12F2N2O2S. The summed E-state index contributed by atoms with van der Waals surface area (Å²) in [5, 5.41) is 0. The van der Waals surface area contributed by atoms with Crippen LogP contribution in [0.2, 0.25) is 0 Å². The van der Waals surface area contributed by atoms with E-state index in [0.717, 1.165) is 18.2 Å². The van der Waals surface area contributed by atoms with Gasteiger partial charge in [0, 0.05) is 23.7 Å². The van der Waals surface area contributed by atoms with E-state index in [1.165, 1.54) is 11.8 Å². The van der Waals surface area contributed by atoms with Gasteiger partial charge in [-0.25, -0.2) is 13.6 Å². The molecule has 0 amide bonds. The van der Waals surface area contributed by atoms with Crippen molar-refractivity contribution in [1.82, 2.24) is 9.97 Å². The number of imidazole rings is 1. The molecular weight excluding hydrogens is 274 g/mol. The Bertz CT molecular complexity index is 612. The molecule has 0 fully saturated rings. The first-order valence-corrected chi connectivity index (χ1v) is 6.59. The number of benzene rings is 1. The van der Waals surface area contributed by atoms with Gasteiger partial charge in [-0.2, -0.15) is 0 Å². The van der Waals surface area contributed by atoms with Crippen LogP contribution in [-0.4, -0.2) is 15.4 Å². The number of H-pyrrole nitrogens is 2. The van der Waals surface area contributed by atoms with Gasteiger partial charge in [-0.1, -0.05) is 0 Å². The molecule has 0 aliphatic carbocycles. The lowest BCUT2D eigenvalue weighted by atomic mass is 10.3. The zero-order valence-electron chi connectivity index (χ0n) is 10.1. The molecule has 0 aliphatic heterocycles. The van der Waals surface area contributed by atoms with Gasteiger partial charge >= 0.3 is 5.69 Å². The first kappa shape index (κ1) is 13.7. The molecule has 102 valence electrons. The molecule has 1 atom stereocenters. The molecule has 1 aromatic heterocycles. The third-order valence-electron chi connectivity index (χ3n) is 2.31. The van der Waals surface area contributed by atoms with Crippen LogP contribution in [0.3, 0.4) is 0 Å². The van der Waals surface area contributed by atoms with Gasteiger partial charge in [0.1, 0.15) is 11.3 Å². The largest absolute Gasteiger partial charge is 0.477 e. The monoisotopic (exact) mass is 286 g/mol. The second-order valence-corrected chi connectivity index (χ2v) is 5.13. The van der Waals surface area contributed by atoms with Gasteiger partial charge in [0.05, 0.1) is 0 Å². The zero-order valence-corrected chi connectivity index (χ0v) is 10.9. The van der Waals surface area contributed by atoms with Gasteiger partial charge in [0.2, 0.25) is 0 Å². The minimum atomic E-state index is -0.607. The van der Waals surface area contributed by atoms with E-state index < -0.39 is 11.6 Å². The van der Waals surface area contributed by atoms with Crippen LogP contribution in [0, 0.1) is 11.6 Å². The van der Waals surface area contributed by atoms with E-state index in [0.29, 0.717) is 11.4 Å². The van der Waals surface area contributed by atoms with E-state index in [2.05, 4.69) is 9.97 Å². The molecule has 2 rings (SSSR count). The van der Waals surface area contributed by atoms with E-state index in [9.17, 15) is 13.6 Å². The zero-order chi connectivity index (χ0) is 13.8. The van der Waals surface area contributed by atoms with Crippen molar-refractivity contribution in [1.29, 1.82) is 0 Å². The smallest absolute Gasteiger partial charge is 0.323 e. The molecule has 1 heterocycles. The third kappa shape index (κ3) is 3.85. The maximum atomic E-state index is 13.3. The molecule has 2 N–H and O–H groups in total. The first-order chi connectivity index (χ1) is 9.04. The number of ether oxygens (including phenoxy) is 1. The fraction of sp³-hybridized carbons (Fsp3) is 0.250. The number of thioether (sulfide) groups is 1. The first-order valence-electron chi connectivity index (χ1n) is 5.54. The highest BCUT2D eigenvalue weighted by Gasteiger charge is 2.10. The molecule has 0 bridgehead atoms. The number of hydrogen-bond donors (Lipinski definition) is 2. The van der Waals surface area contributed by atoms with Crippen molar-refractivity contribution in [2.24, 2.45) is 0 Å². The van der Waals surface area contributed by atoms with Crippen molar-refractivity contribution in [3.05, 3.63) is 52.2 Å². The highest BCUT2D eigenvalue weighted by Crippen LogP contribution is 2.24. The van der Waals surface area contributed by atoms with Crippen molar-refractivity contribution in [2.75, 3.05) is 0 Å². The van der Waals surface area contributed by atoms with E-state index >= 15 is 0 Å². The molecule has 19 heavy (non-hydrogen) atoms. The number of halogens is 2. The fourth-order valence-corrected chi connectivity index (χ4v) is 2.18. The van der Waals surface area contributed by atoms with E-state index in [1.54, 1.807) is 13.1 Å². The number of rotatable bonds is 5. The summed E-state index contributed by atoms with van der Waals surface area (Å²) in [4.78, 5) is 15.9. The topological polar surface area (TPSA) is 57.9 Å². The summed E-state index contributed by atoms with van der Waals surface area (Å²) in [5.41, 5.74) is 0.0558. The minimum Gasteiger partial charge on any atom is -0.477 e. The van der Waals surface area contributed by atoms with Crippen molar-refractivity contribution < 1.29 is 13.5 Å². The van der Waals surface area contributed by atoms with Crippen LogP contribution in [0.15, 0.2) is 29.2 Å². The average Bonchev–Trinajstić information content (AvgIpc) is 2.77. The van der Waals surface area contributed by atoms with Gasteiger partial charge in [-0.15, -0.1) is 11.8 Å². The Hall–Kier alpha value is -1.76. The second-order valence-electron chi connectivity index (χ2n) is 3.84. The van der Waals surface area contributed by atoms with Gasteiger partial charge in [-0.3, -0.25) is 0 Å².